The second kappa shape index (κ2) is 7.63. The van der Waals surface area contributed by atoms with Crippen molar-refractivity contribution in [3.8, 4) is 22.8 Å². The van der Waals surface area contributed by atoms with Crippen LogP contribution >= 0.6 is 0 Å². The fourth-order valence-electron chi connectivity index (χ4n) is 3.02. The van der Waals surface area contributed by atoms with E-state index >= 15 is 0 Å². The number of hydrogen-bond acceptors (Lipinski definition) is 7. The van der Waals surface area contributed by atoms with Crippen LogP contribution in [0.4, 0.5) is 0 Å². The van der Waals surface area contributed by atoms with Crippen LogP contribution in [0.5, 0.6) is 11.5 Å². The van der Waals surface area contributed by atoms with Crippen molar-refractivity contribution < 1.29 is 23.5 Å². The molecule has 0 spiro atoms. The molecule has 2 heterocycles. The van der Waals surface area contributed by atoms with E-state index in [0.29, 0.717) is 34.1 Å². The molecular formula is C22H18N2O5. The van der Waals surface area contributed by atoms with Gasteiger partial charge in [0, 0.05) is 17.2 Å². The number of nitrogens with zero attached hydrogens (tertiary/aromatic N) is 2. The maximum absolute atomic E-state index is 12.4. The zero-order chi connectivity index (χ0) is 20.4. The van der Waals surface area contributed by atoms with E-state index < -0.39 is 5.97 Å². The minimum atomic E-state index is -0.558. The van der Waals surface area contributed by atoms with Crippen LogP contribution in [0.2, 0.25) is 0 Å². The second-order valence-corrected chi connectivity index (χ2v) is 6.27. The summed E-state index contributed by atoms with van der Waals surface area (Å²) in [6.45, 7) is 1.75. The molecule has 0 amide bonds. The minimum Gasteiger partial charge on any atom is -0.497 e. The van der Waals surface area contributed by atoms with Gasteiger partial charge in [-0.25, -0.2) is 9.79 Å². The average Bonchev–Trinajstić information content (AvgIpc) is 3.31. The van der Waals surface area contributed by atoms with E-state index in [9.17, 15) is 4.79 Å². The number of aryl methyl sites for hydroxylation is 1. The highest BCUT2D eigenvalue weighted by Gasteiger charge is 2.30. The number of aliphatic imine (C=N–C) groups is 1. The molecule has 29 heavy (non-hydrogen) atoms. The van der Waals surface area contributed by atoms with Gasteiger partial charge in [-0.2, -0.15) is 0 Å². The van der Waals surface area contributed by atoms with Crippen LogP contribution in [-0.2, 0) is 9.53 Å². The number of rotatable bonds is 5. The minimum absolute atomic E-state index is 0.156. The van der Waals surface area contributed by atoms with E-state index in [1.807, 2.05) is 30.3 Å². The molecule has 0 N–H and O–H groups in total. The molecular weight excluding hydrogens is 372 g/mol. The van der Waals surface area contributed by atoms with Crippen molar-refractivity contribution in [2.45, 2.75) is 6.92 Å². The largest absolute Gasteiger partial charge is 0.497 e. The summed E-state index contributed by atoms with van der Waals surface area (Å²) in [7, 11) is 3.12. The van der Waals surface area contributed by atoms with E-state index in [0.717, 1.165) is 5.56 Å². The van der Waals surface area contributed by atoms with Gasteiger partial charge in [0.25, 0.3) is 0 Å². The van der Waals surface area contributed by atoms with Gasteiger partial charge in [-0.3, -0.25) is 0 Å². The number of carbonyl (C=O) groups is 1. The van der Waals surface area contributed by atoms with E-state index in [1.54, 1.807) is 45.4 Å². The van der Waals surface area contributed by atoms with E-state index in [4.69, 9.17) is 18.7 Å². The zero-order valence-electron chi connectivity index (χ0n) is 16.1. The lowest BCUT2D eigenvalue weighted by Crippen LogP contribution is -2.07. The van der Waals surface area contributed by atoms with Gasteiger partial charge in [-0.15, -0.1) is 0 Å². The fraction of sp³-hybridized carbons (Fsp3) is 0.136. The molecule has 146 valence electrons. The molecule has 4 rings (SSSR count). The van der Waals surface area contributed by atoms with Gasteiger partial charge in [0.05, 0.1) is 14.2 Å². The quantitative estimate of drug-likeness (QED) is 0.483. The summed E-state index contributed by atoms with van der Waals surface area (Å²) in [5.74, 6) is 1.32. The smallest absolute Gasteiger partial charge is 0.363 e. The molecule has 7 nitrogen and oxygen atoms in total. The Bertz CT molecular complexity index is 1130. The number of ether oxygens (including phenoxy) is 3. The van der Waals surface area contributed by atoms with Crippen LogP contribution in [0.3, 0.4) is 0 Å². The Hall–Kier alpha value is -3.87. The number of carbonyl (C=O) groups excluding carboxylic acids is 1. The molecule has 2 aromatic carbocycles. The number of hydrogen-bond donors (Lipinski definition) is 0. The first-order valence-corrected chi connectivity index (χ1v) is 8.87. The first-order valence-electron chi connectivity index (χ1n) is 8.87. The summed E-state index contributed by atoms with van der Waals surface area (Å²) in [6.07, 6.45) is 1.61. The zero-order valence-corrected chi connectivity index (χ0v) is 16.1. The molecule has 1 aromatic heterocycles. The maximum atomic E-state index is 12.4. The predicted molar refractivity (Wildman–Crippen MR) is 107 cm³/mol. The van der Waals surface area contributed by atoms with Crippen LogP contribution < -0.4 is 9.47 Å². The summed E-state index contributed by atoms with van der Waals surface area (Å²) in [5.41, 5.74) is 2.79. The molecule has 0 saturated carbocycles. The lowest BCUT2D eigenvalue weighted by Gasteiger charge is -2.07. The van der Waals surface area contributed by atoms with Gasteiger partial charge in [0.15, 0.2) is 5.70 Å². The van der Waals surface area contributed by atoms with E-state index in [-0.39, 0.29) is 11.6 Å². The van der Waals surface area contributed by atoms with Gasteiger partial charge in [-0.1, -0.05) is 35.5 Å². The molecule has 0 bridgehead atoms. The van der Waals surface area contributed by atoms with Crippen molar-refractivity contribution in [1.82, 2.24) is 5.16 Å². The Kier molecular flexibility index (Phi) is 4.87. The highest BCUT2D eigenvalue weighted by atomic mass is 16.6. The van der Waals surface area contributed by atoms with Crippen molar-refractivity contribution >= 4 is 17.9 Å². The second-order valence-electron chi connectivity index (χ2n) is 6.27. The van der Waals surface area contributed by atoms with Crippen LogP contribution in [-0.4, -0.2) is 31.2 Å². The van der Waals surface area contributed by atoms with Gasteiger partial charge in [-0.05, 0) is 25.1 Å². The third kappa shape index (κ3) is 3.50. The molecule has 0 fully saturated rings. The van der Waals surface area contributed by atoms with Gasteiger partial charge in [0.1, 0.15) is 28.5 Å². The summed E-state index contributed by atoms with van der Waals surface area (Å²) < 4.78 is 21.3. The summed E-state index contributed by atoms with van der Waals surface area (Å²) >= 11 is 0. The molecule has 1 aliphatic rings. The van der Waals surface area contributed by atoms with Crippen molar-refractivity contribution in [3.05, 3.63) is 71.1 Å². The van der Waals surface area contributed by atoms with Gasteiger partial charge < -0.3 is 18.7 Å². The Morgan fingerprint density at radius 1 is 1.03 bits per heavy atom. The molecule has 3 aromatic rings. The van der Waals surface area contributed by atoms with Crippen molar-refractivity contribution in [2.24, 2.45) is 4.99 Å². The Balaban J connectivity index is 1.75. The normalized spacial score (nSPS) is 14.7. The Morgan fingerprint density at radius 2 is 1.83 bits per heavy atom. The monoisotopic (exact) mass is 390 g/mol. The molecule has 0 atom stereocenters. The van der Waals surface area contributed by atoms with Crippen LogP contribution in [0.25, 0.3) is 17.3 Å². The van der Waals surface area contributed by atoms with Gasteiger partial charge in [0.2, 0.25) is 5.90 Å². The molecule has 7 heteroatoms. The van der Waals surface area contributed by atoms with Crippen molar-refractivity contribution in [3.63, 3.8) is 0 Å². The highest BCUT2D eigenvalue weighted by molar-refractivity contribution is 6.15. The SMILES string of the molecule is COc1ccc(C=C2N=C(c3c(-c4ccccc4)noc3C)OC2=O)c(OC)c1. The van der Waals surface area contributed by atoms with Crippen LogP contribution in [0, 0.1) is 6.92 Å². The van der Waals surface area contributed by atoms with Crippen molar-refractivity contribution in [1.29, 1.82) is 0 Å². The maximum Gasteiger partial charge on any atom is 0.363 e. The molecule has 0 saturated heterocycles. The first kappa shape index (κ1) is 18.5. The number of methoxy groups -OCH3 is 2. The number of aromatic nitrogens is 1. The highest BCUT2D eigenvalue weighted by Crippen LogP contribution is 2.31. The summed E-state index contributed by atoms with van der Waals surface area (Å²) in [4.78, 5) is 16.8. The van der Waals surface area contributed by atoms with Crippen molar-refractivity contribution in [2.75, 3.05) is 14.2 Å². The van der Waals surface area contributed by atoms with Crippen LogP contribution in [0.1, 0.15) is 16.9 Å². The average molecular weight is 390 g/mol. The number of esters is 1. The molecule has 0 radical (unpaired) electrons. The molecule has 0 unspecified atom stereocenters. The third-order valence-corrected chi connectivity index (χ3v) is 4.48. The molecule has 0 aliphatic carbocycles. The Labute approximate surface area is 167 Å². The molecule has 1 aliphatic heterocycles. The third-order valence-electron chi connectivity index (χ3n) is 4.48. The number of cyclic esters (lactones) is 1. The van der Waals surface area contributed by atoms with Gasteiger partial charge >= 0.3 is 5.97 Å². The standard InChI is InChI=1S/C22H18N2O5/c1-13-19(20(24-29-13)14-7-5-4-6-8-14)21-23-17(22(25)28-21)11-15-9-10-16(26-2)12-18(15)27-3/h4-12H,1-3H3. The predicted octanol–water partition coefficient (Wildman–Crippen LogP) is 4.01. The Morgan fingerprint density at radius 3 is 2.55 bits per heavy atom. The number of benzene rings is 2. The lowest BCUT2D eigenvalue weighted by molar-refractivity contribution is -0.129. The lowest BCUT2D eigenvalue weighted by atomic mass is 10.1. The van der Waals surface area contributed by atoms with E-state index in [1.165, 1.54) is 0 Å². The fourth-order valence-corrected chi connectivity index (χ4v) is 3.02. The summed E-state index contributed by atoms with van der Waals surface area (Å²) in [6, 6.07) is 14.8. The summed E-state index contributed by atoms with van der Waals surface area (Å²) in [5, 5.41) is 4.11. The van der Waals surface area contributed by atoms with Crippen LogP contribution in [0.15, 0.2) is 63.7 Å². The first-order chi connectivity index (χ1) is 14.1. The topological polar surface area (TPSA) is 83.2 Å². The van der Waals surface area contributed by atoms with E-state index in [2.05, 4.69) is 10.1 Å².